The summed E-state index contributed by atoms with van der Waals surface area (Å²) >= 11 is 6.18. The summed E-state index contributed by atoms with van der Waals surface area (Å²) < 4.78 is 0. The molecular formula is C13H15ClN2O2. The Morgan fingerprint density at radius 1 is 1.44 bits per heavy atom. The average molecular weight is 267 g/mol. The van der Waals surface area contributed by atoms with Crippen LogP contribution in [0.1, 0.15) is 36.0 Å². The van der Waals surface area contributed by atoms with Gasteiger partial charge in [0.05, 0.1) is 10.6 Å². The molecular weight excluding hydrogens is 252 g/mol. The SMILES string of the molecule is O=C(O)c1cnc(N(CC2CC2)C2CC2)c(Cl)c1. The number of hydrogen-bond acceptors (Lipinski definition) is 3. The lowest BCUT2D eigenvalue weighted by atomic mass is 10.2. The van der Waals surface area contributed by atoms with E-state index in [1.54, 1.807) is 0 Å². The van der Waals surface area contributed by atoms with Gasteiger partial charge in [0.2, 0.25) is 0 Å². The molecule has 0 spiro atoms. The predicted octanol–water partition coefficient (Wildman–Crippen LogP) is 2.81. The molecule has 1 N–H and O–H groups in total. The molecule has 2 fully saturated rings. The molecule has 0 saturated heterocycles. The maximum Gasteiger partial charge on any atom is 0.337 e. The Kier molecular flexibility index (Phi) is 2.90. The number of halogens is 1. The smallest absolute Gasteiger partial charge is 0.337 e. The summed E-state index contributed by atoms with van der Waals surface area (Å²) in [4.78, 5) is 17.4. The highest BCUT2D eigenvalue weighted by atomic mass is 35.5. The van der Waals surface area contributed by atoms with E-state index < -0.39 is 5.97 Å². The van der Waals surface area contributed by atoms with Gasteiger partial charge in [-0.2, -0.15) is 0 Å². The van der Waals surface area contributed by atoms with Crippen LogP contribution in [-0.4, -0.2) is 28.6 Å². The summed E-state index contributed by atoms with van der Waals surface area (Å²) in [5.41, 5.74) is 0.144. The third kappa shape index (κ3) is 2.43. The standard InChI is InChI=1S/C13H15ClN2O2/c14-11-5-9(13(17)18)6-15-12(11)16(10-3-4-10)7-8-1-2-8/h5-6,8,10H,1-4,7H2,(H,17,18). The molecule has 1 aromatic rings. The molecule has 1 aromatic heterocycles. The average Bonchev–Trinajstić information content (AvgIpc) is 3.19. The number of carboxylic acids is 1. The summed E-state index contributed by atoms with van der Waals surface area (Å²) in [7, 11) is 0. The van der Waals surface area contributed by atoms with Crippen LogP contribution in [0.3, 0.4) is 0 Å². The number of hydrogen-bond donors (Lipinski definition) is 1. The number of carbonyl (C=O) groups is 1. The van der Waals surface area contributed by atoms with Gasteiger partial charge >= 0.3 is 5.97 Å². The molecule has 96 valence electrons. The Bertz CT molecular complexity index is 484. The minimum absolute atomic E-state index is 0.144. The number of aromatic carboxylic acids is 1. The second-order valence-electron chi connectivity index (χ2n) is 5.16. The lowest BCUT2D eigenvalue weighted by Gasteiger charge is -2.24. The van der Waals surface area contributed by atoms with E-state index in [-0.39, 0.29) is 5.56 Å². The van der Waals surface area contributed by atoms with Crippen LogP contribution in [-0.2, 0) is 0 Å². The topological polar surface area (TPSA) is 53.4 Å². The van der Waals surface area contributed by atoms with Crippen LogP contribution in [0.5, 0.6) is 0 Å². The molecule has 3 rings (SSSR count). The van der Waals surface area contributed by atoms with Gasteiger partial charge in [0.15, 0.2) is 0 Å². The molecule has 18 heavy (non-hydrogen) atoms. The summed E-state index contributed by atoms with van der Waals surface area (Å²) in [5, 5.41) is 9.35. The highest BCUT2D eigenvalue weighted by molar-refractivity contribution is 6.33. The number of pyridine rings is 1. The van der Waals surface area contributed by atoms with Crippen LogP contribution in [0.15, 0.2) is 12.3 Å². The van der Waals surface area contributed by atoms with Gasteiger partial charge in [0, 0.05) is 18.8 Å². The fourth-order valence-electron chi connectivity index (χ4n) is 2.13. The highest BCUT2D eigenvalue weighted by Crippen LogP contribution is 2.39. The second-order valence-corrected chi connectivity index (χ2v) is 5.57. The van der Waals surface area contributed by atoms with Crippen molar-refractivity contribution in [3.05, 3.63) is 22.8 Å². The van der Waals surface area contributed by atoms with Crippen molar-refractivity contribution in [1.82, 2.24) is 4.98 Å². The first-order chi connectivity index (χ1) is 8.65. The third-order valence-electron chi connectivity index (χ3n) is 3.48. The van der Waals surface area contributed by atoms with E-state index in [2.05, 4.69) is 9.88 Å². The van der Waals surface area contributed by atoms with E-state index in [0.717, 1.165) is 18.3 Å². The largest absolute Gasteiger partial charge is 0.478 e. The van der Waals surface area contributed by atoms with Crippen LogP contribution in [0.2, 0.25) is 5.02 Å². The number of aromatic nitrogens is 1. The Hall–Kier alpha value is -1.29. The number of anilines is 1. The second kappa shape index (κ2) is 4.43. The summed E-state index contributed by atoms with van der Waals surface area (Å²) in [6.07, 6.45) is 6.34. The minimum atomic E-state index is -0.990. The van der Waals surface area contributed by atoms with Crippen LogP contribution in [0.4, 0.5) is 5.82 Å². The van der Waals surface area contributed by atoms with Crippen molar-refractivity contribution in [1.29, 1.82) is 0 Å². The van der Waals surface area contributed by atoms with Crippen molar-refractivity contribution in [3.63, 3.8) is 0 Å². The predicted molar refractivity (Wildman–Crippen MR) is 69.3 cm³/mol. The van der Waals surface area contributed by atoms with Crippen LogP contribution < -0.4 is 4.90 Å². The van der Waals surface area contributed by atoms with E-state index in [4.69, 9.17) is 16.7 Å². The maximum absolute atomic E-state index is 10.9. The lowest BCUT2D eigenvalue weighted by molar-refractivity contribution is 0.0696. The highest BCUT2D eigenvalue weighted by Gasteiger charge is 2.35. The van der Waals surface area contributed by atoms with E-state index in [1.807, 2.05) is 0 Å². The zero-order valence-electron chi connectivity index (χ0n) is 9.97. The lowest BCUT2D eigenvalue weighted by Crippen LogP contribution is -2.29. The Labute approximate surface area is 111 Å². The Morgan fingerprint density at radius 2 is 2.17 bits per heavy atom. The van der Waals surface area contributed by atoms with Gasteiger partial charge < -0.3 is 10.0 Å². The molecule has 1 heterocycles. The van der Waals surface area contributed by atoms with Gasteiger partial charge in [-0.15, -0.1) is 0 Å². The molecule has 0 aliphatic heterocycles. The molecule has 2 aliphatic carbocycles. The van der Waals surface area contributed by atoms with Crippen molar-refractivity contribution >= 4 is 23.4 Å². The summed E-state index contributed by atoms with van der Waals surface area (Å²) in [5.74, 6) is 0.523. The van der Waals surface area contributed by atoms with Crippen molar-refractivity contribution < 1.29 is 9.90 Å². The first kappa shape index (κ1) is 11.8. The number of rotatable bonds is 5. The molecule has 0 amide bonds. The molecule has 4 nitrogen and oxygen atoms in total. The molecule has 2 aliphatic rings. The molecule has 5 heteroatoms. The normalized spacial score (nSPS) is 18.7. The first-order valence-corrected chi connectivity index (χ1v) is 6.68. The number of carboxylic acid groups (broad SMARTS) is 1. The third-order valence-corrected chi connectivity index (χ3v) is 3.76. The van der Waals surface area contributed by atoms with E-state index in [9.17, 15) is 4.79 Å². The molecule has 0 unspecified atom stereocenters. The fraction of sp³-hybridized carbons (Fsp3) is 0.538. The van der Waals surface area contributed by atoms with Crippen molar-refractivity contribution in [2.24, 2.45) is 5.92 Å². The van der Waals surface area contributed by atoms with Gasteiger partial charge in [0.25, 0.3) is 0 Å². The van der Waals surface area contributed by atoms with Gasteiger partial charge in [0.1, 0.15) is 5.82 Å². The van der Waals surface area contributed by atoms with Crippen molar-refractivity contribution in [2.45, 2.75) is 31.7 Å². The van der Waals surface area contributed by atoms with Gasteiger partial charge in [-0.3, -0.25) is 0 Å². The van der Waals surface area contributed by atoms with E-state index in [1.165, 1.54) is 37.9 Å². The zero-order chi connectivity index (χ0) is 12.7. The van der Waals surface area contributed by atoms with Crippen molar-refractivity contribution in [2.75, 3.05) is 11.4 Å². The molecule has 0 radical (unpaired) electrons. The summed E-state index contributed by atoms with van der Waals surface area (Å²) in [6.45, 7) is 1.00. The molecule has 2 saturated carbocycles. The molecule has 0 atom stereocenters. The van der Waals surface area contributed by atoms with Crippen molar-refractivity contribution in [3.8, 4) is 0 Å². The van der Waals surface area contributed by atoms with Gasteiger partial charge in [-0.1, -0.05) is 11.6 Å². The van der Waals surface area contributed by atoms with Crippen LogP contribution in [0.25, 0.3) is 0 Å². The van der Waals surface area contributed by atoms with Crippen LogP contribution >= 0.6 is 11.6 Å². The monoisotopic (exact) mass is 266 g/mol. The Morgan fingerprint density at radius 3 is 2.67 bits per heavy atom. The quantitative estimate of drug-likeness (QED) is 0.890. The summed E-state index contributed by atoms with van der Waals surface area (Å²) in [6, 6.07) is 2.04. The Balaban J connectivity index is 1.86. The zero-order valence-corrected chi connectivity index (χ0v) is 10.7. The fourth-order valence-corrected chi connectivity index (χ4v) is 2.41. The van der Waals surface area contributed by atoms with E-state index >= 15 is 0 Å². The minimum Gasteiger partial charge on any atom is -0.478 e. The van der Waals surface area contributed by atoms with Crippen LogP contribution in [0, 0.1) is 5.92 Å². The first-order valence-electron chi connectivity index (χ1n) is 6.30. The van der Waals surface area contributed by atoms with Gasteiger partial charge in [-0.05, 0) is 37.7 Å². The van der Waals surface area contributed by atoms with Gasteiger partial charge in [-0.25, -0.2) is 9.78 Å². The maximum atomic E-state index is 10.9. The molecule has 0 bridgehead atoms. The molecule has 0 aromatic carbocycles. The van der Waals surface area contributed by atoms with E-state index in [0.29, 0.717) is 11.1 Å². The number of nitrogens with zero attached hydrogens (tertiary/aromatic N) is 2.